The maximum Gasteiger partial charge on any atom is 0.254 e. The van der Waals surface area contributed by atoms with Gasteiger partial charge in [-0.3, -0.25) is 9.59 Å². The lowest BCUT2D eigenvalue weighted by Gasteiger charge is -2.10. The summed E-state index contributed by atoms with van der Waals surface area (Å²) in [4.78, 5) is 22.9. The van der Waals surface area contributed by atoms with Crippen LogP contribution in [0.15, 0.2) is 48.5 Å². The molecule has 0 bridgehead atoms. The van der Waals surface area contributed by atoms with E-state index in [2.05, 4.69) is 5.32 Å². The van der Waals surface area contributed by atoms with Gasteiger partial charge in [-0.15, -0.1) is 0 Å². The first-order valence-corrected chi connectivity index (χ1v) is 11.0. The highest BCUT2D eigenvalue weighted by atomic mass is 19.1. The van der Waals surface area contributed by atoms with Crippen molar-refractivity contribution in [3.8, 4) is 5.75 Å². The van der Waals surface area contributed by atoms with Crippen LogP contribution in [0.4, 0.5) is 4.39 Å². The van der Waals surface area contributed by atoms with Crippen LogP contribution in [0.1, 0.15) is 59.4 Å². The maximum atomic E-state index is 12.6. The zero-order valence-electron chi connectivity index (χ0n) is 19.1. The molecule has 1 unspecified atom stereocenters. The lowest BCUT2D eigenvalue weighted by Crippen LogP contribution is -2.21. The van der Waals surface area contributed by atoms with E-state index < -0.39 is 24.6 Å². The number of primary amides is 1. The van der Waals surface area contributed by atoms with Gasteiger partial charge in [-0.1, -0.05) is 63.1 Å². The molecule has 1 heterocycles. The zero-order chi connectivity index (χ0) is 23.9. The number of hydrogen-bond donors (Lipinski definition) is 3. The quantitative estimate of drug-likeness (QED) is 0.648. The number of fused-ring (bicyclic) bond motifs is 1. The van der Waals surface area contributed by atoms with Gasteiger partial charge >= 0.3 is 0 Å². The molecule has 32 heavy (non-hydrogen) atoms. The number of rotatable bonds is 5. The number of hydrogen-bond acceptors (Lipinski definition) is 4. The Morgan fingerprint density at radius 2 is 1.69 bits per heavy atom. The first-order chi connectivity index (χ1) is 15.5. The summed E-state index contributed by atoms with van der Waals surface area (Å²) in [6.07, 6.45) is 3.49. The van der Waals surface area contributed by atoms with Crippen molar-refractivity contribution in [1.29, 1.82) is 0 Å². The van der Waals surface area contributed by atoms with Crippen LogP contribution in [0.3, 0.4) is 0 Å². The molecule has 0 aromatic heterocycles. The average molecular weight is 447 g/mol. The fraction of sp³-hybridized carbons (Fsp3) is 0.440. The predicted molar refractivity (Wildman–Crippen MR) is 125 cm³/mol. The number of carbonyl (C=O) groups excluding carboxylic acids is 2. The summed E-state index contributed by atoms with van der Waals surface area (Å²) in [6.45, 7) is 3.75. The molecule has 0 spiro atoms. The van der Waals surface area contributed by atoms with E-state index in [1.165, 1.54) is 26.0 Å². The molecular weight excluding hydrogens is 411 g/mol. The van der Waals surface area contributed by atoms with E-state index in [1.54, 1.807) is 6.07 Å². The van der Waals surface area contributed by atoms with Crippen LogP contribution < -0.4 is 15.8 Å². The Bertz CT molecular complexity index is 799. The van der Waals surface area contributed by atoms with Crippen LogP contribution in [-0.4, -0.2) is 43.4 Å². The van der Waals surface area contributed by atoms with Crippen molar-refractivity contribution in [3.63, 3.8) is 0 Å². The van der Waals surface area contributed by atoms with E-state index in [4.69, 9.17) is 15.6 Å². The van der Waals surface area contributed by atoms with Crippen LogP contribution in [0.25, 0.3) is 0 Å². The van der Waals surface area contributed by atoms with Gasteiger partial charge in [0.15, 0.2) is 0 Å². The van der Waals surface area contributed by atoms with E-state index in [0.717, 1.165) is 12.3 Å². The minimum atomic E-state index is -0.645. The molecule has 4 N–H and O–H groups in total. The Balaban J connectivity index is 0.000000296. The Morgan fingerprint density at radius 3 is 2.06 bits per heavy atom. The number of carbonyl (C=O) groups is 2. The topological polar surface area (TPSA) is 102 Å². The molecule has 7 heteroatoms. The van der Waals surface area contributed by atoms with Crippen molar-refractivity contribution in [2.24, 2.45) is 11.7 Å². The molecule has 176 valence electrons. The number of alkyl halides is 1. The van der Waals surface area contributed by atoms with Gasteiger partial charge in [0, 0.05) is 25.6 Å². The Labute approximate surface area is 190 Å². The molecule has 2 amide bonds. The maximum absolute atomic E-state index is 12.6. The molecule has 2 aromatic carbocycles. The van der Waals surface area contributed by atoms with Gasteiger partial charge in [0.25, 0.3) is 5.91 Å². The van der Waals surface area contributed by atoms with Gasteiger partial charge in [-0.05, 0) is 30.0 Å². The average Bonchev–Trinajstić information content (AvgIpc) is 3.56. The largest absolute Gasteiger partial charge is 0.486 e. The van der Waals surface area contributed by atoms with Gasteiger partial charge in [-0.25, -0.2) is 4.39 Å². The number of benzene rings is 2. The van der Waals surface area contributed by atoms with E-state index >= 15 is 0 Å². The van der Waals surface area contributed by atoms with Crippen molar-refractivity contribution in [2.75, 3.05) is 20.3 Å². The van der Waals surface area contributed by atoms with Crippen LogP contribution in [0, 0.1) is 5.92 Å². The summed E-state index contributed by atoms with van der Waals surface area (Å²) in [6, 6.07) is 14.9. The number of aliphatic hydroxyl groups excluding tert-OH is 1. The van der Waals surface area contributed by atoms with Crippen LogP contribution in [0.5, 0.6) is 5.75 Å². The Hall–Kier alpha value is -2.93. The van der Waals surface area contributed by atoms with Crippen molar-refractivity contribution in [3.05, 3.63) is 65.2 Å². The molecule has 4 rings (SSSR count). The van der Waals surface area contributed by atoms with Gasteiger partial charge < -0.3 is 20.9 Å². The van der Waals surface area contributed by atoms with E-state index in [-0.39, 0.29) is 11.1 Å². The number of aliphatic hydroxyl groups is 1. The molecule has 2 aliphatic rings. The minimum absolute atomic E-state index is 0.208. The molecule has 1 aliphatic heterocycles. The Kier molecular flexibility index (Phi) is 12.7. The predicted octanol–water partition coefficient (Wildman–Crippen LogP) is 3.91. The van der Waals surface area contributed by atoms with Gasteiger partial charge in [-0.2, -0.15) is 0 Å². The molecule has 0 radical (unpaired) electrons. The molecule has 0 saturated heterocycles. The summed E-state index contributed by atoms with van der Waals surface area (Å²) >= 11 is 0. The van der Waals surface area contributed by atoms with Crippen molar-refractivity contribution in [1.82, 2.24) is 5.32 Å². The summed E-state index contributed by atoms with van der Waals surface area (Å²) in [5.41, 5.74) is 6.26. The minimum Gasteiger partial charge on any atom is -0.486 e. The smallest absolute Gasteiger partial charge is 0.254 e. The third-order valence-electron chi connectivity index (χ3n) is 4.73. The number of nitrogens with one attached hydrogen (secondary N) is 1. The first kappa shape index (κ1) is 27.1. The van der Waals surface area contributed by atoms with Crippen LogP contribution in [0.2, 0.25) is 0 Å². The van der Waals surface area contributed by atoms with E-state index in [0.29, 0.717) is 24.3 Å². The highest BCUT2D eigenvalue weighted by Crippen LogP contribution is 2.34. The highest BCUT2D eigenvalue weighted by molar-refractivity contribution is 6.01. The summed E-state index contributed by atoms with van der Waals surface area (Å²) in [5.74, 6) is 0.206. The fourth-order valence-corrected chi connectivity index (χ4v) is 2.94. The molecular formula is C25H35FN2O4. The molecule has 6 nitrogen and oxygen atoms in total. The first-order valence-electron chi connectivity index (χ1n) is 11.0. The molecule has 2 aromatic rings. The summed E-state index contributed by atoms with van der Waals surface area (Å²) in [7, 11) is 1.47. The normalized spacial score (nSPS) is 15.2. The highest BCUT2D eigenvalue weighted by Gasteiger charge is 2.29. The van der Waals surface area contributed by atoms with E-state index in [9.17, 15) is 14.0 Å². The molecule has 1 atom stereocenters. The zero-order valence-corrected chi connectivity index (χ0v) is 19.1. The van der Waals surface area contributed by atoms with Crippen LogP contribution >= 0.6 is 0 Å². The second-order valence-corrected chi connectivity index (χ2v) is 7.16. The van der Waals surface area contributed by atoms with Gasteiger partial charge in [0.05, 0.1) is 5.56 Å². The summed E-state index contributed by atoms with van der Waals surface area (Å²) in [5, 5.41) is 10.7. The molecule has 1 aliphatic carbocycles. The van der Waals surface area contributed by atoms with Gasteiger partial charge in [0.1, 0.15) is 18.5 Å². The van der Waals surface area contributed by atoms with Crippen LogP contribution in [-0.2, 0) is 6.42 Å². The van der Waals surface area contributed by atoms with E-state index in [1.807, 2.05) is 50.2 Å². The van der Waals surface area contributed by atoms with Crippen molar-refractivity contribution < 1.29 is 23.8 Å². The lowest BCUT2D eigenvalue weighted by molar-refractivity contribution is 0.0956. The third kappa shape index (κ3) is 9.06. The molecule has 1 fully saturated rings. The standard InChI is InChI=1S/C12H13FN2O3.C6H6.C5H10O.C2H6/c1-15-12(17)9-4-7(11(14)16)2-6-3-8(5-13)18-10(6)9;1-2-4-6-5-3-1;6-4-3-5-1-2-5;1-2/h2,4,8H,3,5H2,1H3,(H2,14,16)(H,15,17);1-6H;5-6H,1-4H2;1-2H3. The number of nitrogens with two attached hydrogens (primary N) is 1. The number of halogens is 1. The van der Waals surface area contributed by atoms with Gasteiger partial charge in [0.2, 0.25) is 5.91 Å². The number of ether oxygens (including phenoxy) is 1. The second kappa shape index (κ2) is 15.0. The fourth-order valence-electron chi connectivity index (χ4n) is 2.94. The lowest BCUT2D eigenvalue weighted by atomic mass is 10.0. The van der Waals surface area contributed by atoms with Crippen molar-refractivity contribution in [2.45, 2.75) is 45.6 Å². The Morgan fingerprint density at radius 1 is 1.12 bits per heavy atom. The SMILES string of the molecule is CC.CNC(=O)c1cc(C(N)=O)cc2c1OC(CF)C2.OCCC1CC1.c1ccccc1. The second-order valence-electron chi connectivity index (χ2n) is 7.16. The third-order valence-corrected chi connectivity index (χ3v) is 4.73. The summed E-state index contributed by atoms with van der Waals surface area (Å²) < 4.78 is 18.0. The monoisotopic (exact) mass is 446 g/mol. The number of amides is 2. The molecule has 1 saturated carbocycles. The van der Waals surface area contributed by atoms with Crippen molar-refractivity contribution >= 4 is 11.8 Å².